The molecule has 0 saturated carbocycles. The number of rotatable bonds is 1. The summed E-state index contributed by atoms with van der Waals surface area (Å²) in [6.45, 7) is 2.35. The predicted octanol–water partition coefficient (Wildman–Crippen LogP) is 0.384. The van der Waals surface area contributed by atoms with E-state index in [9.17, 15) is 0 Å². The van der Waals surface area contributed by atoms with E-state index in [0.717, 1.165) is 11.2 Å². The van der Waals surface area contributed by atoms with Crippen LogP contribution in [0.15, 0.2) is 42.5 Å². The van der Waals surface area contributed by atoms with E-state index in [-0.39, 0.29) is 12.4 Å². The van der Waals surface area contributed by atoms with Crippen LogP contribution in [0.5, 0.6) is 0 Å². The Bertz CT molecular complexity index is 810. The van der Waals surface area contributed by atoms with Crippen LogP contribution in [0.3, 0.4) is 0 Å². The number of fused-ring (bicyclic) bond motifs is 2. The average molecular weight is 314 g/mol. The average Bonchev–Trinajstić information content (AvgIpc) is 2.53. The van der Waals surface area contributed by atoms with Gasteiger partial charge in [-0.2, -0.15) is 0 Å². The molecule has 4 rings (SSSR count). The SMILES string of the molecule is Nc1ccc2cc3ccc(N4CCCCC4)cc3[nH+]c2c1.[Cl-]. The molecule has 0 atom stereocenters. The zero-order valence-corrected chi connectivity index (χ0v) is 13.2. The van der Waals surface area contributed by atoms with Gasteiger partial charge >= 0.3 is 0 Å². The van der Waals surface area contributed by atoms with Crippen LogP contribution in [0, 0.1) is 0 Å². The van der Waals surface area contributed by atoms with Crippen molar-refractivity contribution < 1.29 is 17.4 Å². The maximum Gasteiger partial charge on any atom is 0.213 e. The highest BCUT2D eigenvalue weighted by molar-refractivity contribution is 5.90. The van der Waals surface area contributed by atoms with Crippen LogP contribution in [0.25, 0.3) is 21.8 Å². The summed E-state index contributed by atoms with van der Waals surface area (Å²) in [4.78, 5) is 6.01. The van der Waals surface area contributed by atoms with Crippen molar-refractivity contribution in [2.24, 2.45) is 0 Å². The van der Waals surface area contributed by atoms with E-state index in [0.29, 0.717) is 0 Å². The van der Waals surface area contributed by atoms with Gasteiger partial charge in [-0.1, -0.05) is 0 Å². The van der Waals surface area contributed by atoms with Crippen molar-refractivity contribution in [3.8, 4) is 0 Å². The monoisotopic (exact) mass is 313 g/mol. The first-order valence-electron chi connectivity index (χ1n) is 7.70. The van der Waals surface area contributed by atoms with Gasteiger partial charge in [-0.25, -0.2) is 4.98 Å². The van der Waals surface area contributed by atoms with Gasteiger partial charge in [0.15, 0.2) is 0 Å². The molecule has 4 heteroatoms. The van der Waals surface area contributed by atoms with E-state index in [4.69, 9.17) is 5.73 Å². The third-order valence-corrected chi connectivity index (χ3v) is 4.42. The summed E-state index contributed by atoms with van der Waals surface area (Å²) < 4.78 is 0. The third kappa shape index (κ3) is 2.69. The number of halogens is 1. The highest BCUT2D eigenvalue weighted by atomic mass is 35.5. The molecule has 0 spiro atoms. The van der Waals surface area contributed by atoms with Gasteiger partial charge in [0.05, 0.1) is 0 Å². The summed E-state index contributed by atoms with van der Waals surface area (Å²) in [5.74, 6) is 0. The standard InChI is InChI=1S/C18H19N3.ClH/c19-15-6-4-13-10-14-5-7-16(21-8-2-1-3-9-21)12-18(14)20-17(13)11-15;/h4-7,10-12H,1-3,8-9,19H2;1H. The number of nitrogen functional groups attached to an aromatic ring is 1. The maximum absolute atomic E-state index is 5.89. The Morgan fingerprint density at radius 1 is 0.818 bits per heavy atom. The van der Waals surface area contributed by atoms with Gasteiger partial charge in [-0.15, -0.1) is 0 Å². The smallest absolute Gasteiger partial charge is 0.213 e. The van der Waals surface area contributed by atoms with Crippen LogP contribution >= 0.6 is 0 Å². The molecule has 3 aromatic rings. The molecule has 1 saturated heterocycles. The number of hydrogen-bond acceptors (Lipinski definition) is 2. The highest BCUT2D eigenvalue weighted by Crippen LogP contribution is 2.25. The van der Waals surface area contributed by atoms with Crippen LogP contribution in [0.1, 0.15) is 19.3 Å². The lowest BCUT2D eigenvalue weighted by molar-refractivity contribution is -0.310. The third-order valence-electron chi connectivity index (χ3n) is 4.42. The number of nitrogens with two attached hydrogens (primary N) is 1. The zero-order valence-electron chi connectivity index (χ0n) is 12.5. The second-order valence-corrected chi connectivity index (χ2v) is 5.94. The van der Waals surface area contributed by atoms with E-state index in [1.54, 1.807) is 0 Å². The molecule has 1 fully saturated rings. The Hall–Kier alpha value is -2.00. The van der Waals surface area contributed by atoms with Crippen LogP contribution in [-0.2, 0) is 0 Å². The van der Waals surface area contributed by atoms with Gasteiger partial charge in [0, 0.05) is 47.4 Å². The fourth-order valence-electron chi connectivity index (χ4n) is 3.25. The van der Waals surface area contributed by atoms with Crippen molar-refractivity contribution in [2.75, 3.05) is 23.7 Å². The summed E-state index contributed by atoms with van der Waals surface area (Å²) in [6, 6.07) is 15.0. The van der Waals surface area contributed by atoms with E-state index in [1.165, 1.54) is 54.3 Å². The maximum atomic E-state index is 5.89. The Morgan fingerprint density at radius 2 is 1.50 bits per heavy atom. The second kappa shape index (κ2) is 6.01. The molecule has 0 unspecified atom stereocenters. The number of benzene rings is 2. The van der Waals surface area contributed by atoms with Crippen LogP contribution in [-0.4, -0.2) is 13.1 Å². The van der Waals surface area contributed by atoms with Gasteiger partial charge < -0.3 is 23.0 Å². The van der Waals surface area contributed by atoms with Crippen molar-refractivity contribution in [1.29, 1.82) is 0 Å². The fraction of sp³-hybridized carbons (Fsp3) is 0.278. The predicted molar refractivity (Wildman–Crippen MR) is 88.5 cm³/mol. The van der Waals surface area contributed by atoms with Gasteiger partial charge in [0.2, 0.25) is 11.0 Å². The normalized spacial score (nSPS) is 15.0. The number of anilines is 2. The number of H-pyrrole nitrogens is 1. The fourth-order valence-corrected chi connectivity index (χ4v) is 3.25. The minimum atomic E-state index is 0. The minimum absolute atomic E-state index is 0. The van der Waals surface area contributed by atoms with Crippen LogP contribution < -0.4 is 28.0 Å². The molecule has 0 aliphatic carbocycles. The molecular weight excluding hydrogens is 294 g/mol. The lowest BCUT2D eigenvalue weighted by atomic mass is 10.1. The molecule has 22 heavy (non-hydrogen) atoms. The van der Waals surface area contributed by atoms with Crippen LogP contribution in [0.2, 0.25) is 0 Å². The van der Waals surface area contributed by atoms with Crippen LogP contribution in [0.4, 0.5) is 11.4 Å². The first-order valence-corrected chi connectivity index (χ1v) is 7.70. The van der Waals surface area contributed by atoms with Crippen molar-refractivity contribution in [3.05, 3.63) is 42.5 Å². The number of pyridine rings is 1. The zero-order chi connectivity index (χ0) is 14.2. The molecule has 114 valence electrons. The quantitative estimate of drug-likeness (QED) is 0.521. The first-order chi connectivity index (χ1) is 10.3. The van der Waals surface area contributed by atoms with Gasteiger partial charge in [-0.05, 0) is 49.6 Å². The molecule has 1 aliphatic heterocycles. The number of hydrogen-bond donors (Lipinski definition) is 1. The number of aromatic amines is 1. The minimum Gasteiger partial charge on any atom is -1.00 e. The molecule has 0 bridgehead atoms. The molecule has 2 heterocycles. The molecule has 3 nitrogen and oxygen atoms in total. The van der Waals surface area contributed by atoms with Crippen molar-refractivity contribution in [2.45, 2.75) is 19.3 Å². The Morgan fingerprint density at radius 3 is 2.27 bits per heavy atom. The Kier molecular flexibility index (Phi) is 4.08. The topological polar surface area (TPSA) is 43.4 Å². The second-order valence-electron chi connectivity index (χ2n) is 5.94. The summed E-state index contributed by atoms with van der Waals surface area (Å²) >= 11 is 0. The van der Waals surface area contributed by atoms with E-state index < -0.39 is 0 Å². The van der Waals surface area contributed by atoms with Gasteiger partial charge in [-0.3, -0.25) is 0 Å². The van der Waals surface area contributed by atoms with Gasteiger partial charge in [0.25, 0.3) is 0 Å². The molecule has 0 amide bonds. The van der Waals surface area contributed by atoms with E-state index in [2.05, 4.69) is 40.2 Å². The van der Waals surface area contributed by atoms with Crippen molar-refractivity contribution >= 4 is 33.2 Å². The molecule has 2 aromatic carbocycles. The number of nitrogens with one attached hydrogen (secondary N) is 1. The number of aromatic nitrogens is 1. The molecule has 0 radical (unpaired) electrons. The lowest BCUT2D eigenvalue weighted by Crippen LogP contribution is -3.00. The Balaban J connectivity index is 0.00000144. The highest BCUT2D eigenvalue weighted by Gasteiger charge is 2.13. The largest absolute Gasteiger partial charge is 1.00 e. The van der Waals surface area contributed by atoms with E-state index in [1.807, 2.05) is 12.1 Å². The van der Waals surface area contributed by atoms with Crippen molar-refractivity contribution in [3.63, 3.8) is 0 Å². The summed E-state index contributed by atoms with van der Waals surface area (Å²) in [5.41, 5.74) is 10.3. The molecule has 1 aliphatic rings. The lowest BCUT2D eigenvalue weighted by Gasteiger charge is -2.28. The molecule has 1 aromatic heterocycles. The summed E-state index contributed by atoms with van der Waals surface area (Å²) in [6.07, 6.45) is 3.96. The number of piperidine rings is 1. The molecular formula is C18H20ClN3. The first kappa shape index (κ1) is 14.9. The number of nitrogens with zero attached hydrogens (tertiary/aromatic N) is 1. The van der Waals surface area contributed by atoms with Gasteiger partial charge in [0.1, 0.15) is 0 Å². The Labute approximate surface area is 136 Å². The summed E-state index contributed by atoms with van der Waals surface area (Å²) in [5, 5.41) is 2.44. The summed E-state index contributed by atoms with van der Waals surface area (Å²) in [7, 11) is 0. The van der Waals surface area contributed by atoms with E-state index >= 15 is 0 Å². The molecule has 3 N–H and O–H groups in total. The van der Waals surface area contributed by atoms with Crippen molar-refractivity contribution in [1.82, 2.24) is 0 Å².